The first-order chi connectivity index (χ1) is 15.2. The van der Waals surface area contributed by atoms with Gasteiger partial charge in [0.1, 0.15) is 6.54 Å². The molecule has 164 valence electrons. The quantitative estimate of drug-likeness (QED) is 0.423. The fourth-order valence-electron chi connectivity index (χ4n) is 3.81. The number of sulfone groups is 1. The lowest BCUT2D eigenvalue weighted by molar-refractivity contribution is -0.118. The zero-order valence-electron chi connectivity index (χ0n) is 18.4. The van der Waals surface area contributed by atoms with Crippen molar-refractivity contribution in [2.75, 3.05) is 11.9 Å². The summed E-state index contributed by atoms with van der Waals surface area (Å²) in [5, 5.41) is 0.630. The number of amides is 1. The van der Waals surface area contributed by atoms with Gasteiger partial charge in [-0.3, -0.25) is 4.79 Å². The zero-order valence-corrected chi connectivity index (χ0v) is 19.3. The van der Waals surface area contributed by atoms with Crippen LogP contribution >= 0.6 is 0 Å². The molecule has 0 radical (unpaired) electrons. The molecule has 0 saturated heterocycles. The third-order valence-corrected chi connectivity index (χ3v) is 7.34. The van der Waals surface area contributed by atoms with Gasteiger partial charge in [-0.2, -0.15) is 0 Å². The molecule has 0 aliphatic rings. The number of carbonyl (C=O) groups excluding carboxylic acids is 1. The summed E-state index contributed by atoms with van der Waals surface area (Å²) >= 11 is 0. The summed E-state index contributed by atoms with van der Waals surface area (Å²) in [4.78, 5) is 14.9. The maximum Gasteiger partial charge on any atom is 0.246 e. The molecule has 1 aromatic heterocycles. The van der Waals surface area contributed by atoms with Crippen molar-refractivity contribution in [2.24, 2.45) is 0 Å². The van der Waals surface area contributed by atoms with Crippen LogP contribution in [0, 0.1) is 13.8 Å². The van der Waals surface area contributed by atoms with Crippen LogP contribution in [-0.2, 0) is 26.9 Å². The van der Waals surface area contributed by atoms with Gasteiger partial charge in [-0.1, -0.05) is 60.2 Å². The Labute approximate surface area is 188 Å². The summed E-state index contributed by atoms with van der Waals surface area (Å²) in [6.07, 6.45) is 1.59. The topological polar surface area (TPSA) is 59.4 Å². The molecule has 4 rings (SSSR count). The van der Waals surface area contributed by atoms with E-state index in [1.54, 1.807) is 28.8 Å². The van der Waals surface area contributed by atoms with Crippen molar-refractivity contribution < 1.29 is 13.2 Å². The predicted molar refractivity (Wildman–Crippen MR) is 129 cm³/mol. The van der Waals surface area contributed by atoms with Gasteiger partial charge in [-0.15, -0.1) is 0 Å². The van der Waals surface area contributed by atoms with Gasteiger partial charge in [0, 0.05) is 29.8 Å². The minimum atomic E-state index is -3.59. The van der Waals surface area contributed by atoms with E-state index in [1.807, 2.05) is 80.6 Å². The van der Waals surface area contributed by atoms with E-state index in [2.05, 4.69) is 0 Å². The lowest BCUT2D eigenvalue weighted by Crippen LogP contribution is -2.29. The normalized spacial score (nSPS) is 11.6. The highest BCUT2D eigenvalue weighted by molar-refractivity contribution is 7.90. The largest absolute Gasteiger partial charge is 0.337 e. The van der Waals surface area contributed by atoms with E-state index in [4.69, 9.17) is 0 Å². The summed E-state index contributed by atoms with van der Waals surface area (Å²) in [5.74, 6) is -0.211. The Morgan fingerprint density at radius 1 is 0.906 bits per heavy atom. The Kier molecular flexibility index (Phi) is 5.89. The molecule has 32 heavy (non-hydrogen) atoms. The molecule has 0 spiro atoms. The molecule has 3 aromatic carbocycles. The second kappa shape index (κ2) is 8.63. The minimum absolute atomic E-state index is 0.0466. The molecule has 0 N–H and O–H groups in total. The second-order valence-electron chi connectivity index (χ2n) is 8.17. The van der Waals surface area contributed by atoms with Crippen LogP contribution in [0.3, 0.4) is 0 Å². The number of anilines is 1. The number of carbonyl (C=O) groups is 1. The molecule has 0 aliphatic heterocycles. The minimum Gasteiger partial charge on any atom is -0.337 e. The lowest BCUT2D eigenvalue weighted by Gasteiger charge is -2.18. The third-order valence-electron chi connectivity index (χ3n) is 5.63. The van der Waals surface area contributed by atoms with E-state index < -0.39 is 9.84 Å². The van der Waals surface area contributed by atoms with Crippen LogP contribution in [0.2, 0.25) is 0 Å². The van der Waals surface area contributed by atoms with Gasteiger partial charge in [0.25, 0.3) is 0 Å². The molecule has 0 bridgehead atoms. The Morgan fingerprint density at radius 2 is 1.62 bits per heavy atom. The molecular formula is C26H26N2O3S. The average molecular weight is 447 g/mol. The zero-order chi connectivity index (χ0) is 22.9. The van der Waals surface area contributed by atoms with E-state index in [0.29, 0.717) is 5.39 Å². The number of para-hydroxylation sites is 1. The van der Waals surface area contributed by atoms with Crippen molar-refractivity contribution in [3.05, 3.63) is 95.7 Å². The number of hydrogen-bond donors (Lipinski definition) is 0. The smallest absolute Gasteiger partial charge is 0.246 e. The molecule has 4 aromatic rings. The first-order valence-corrected chi connectivity index (χ1v) is 12.1. The molecule has 1 amide bonds. The molecule has 0 unspecified atom stereocenters. The summed E-state index contributed by atoms with van der Waals surface area (Å²) in [5.41, 5.74) is 4.42. The van der Waals surface area contributed by atoms with Crippen LogP contribution in [0.15, 0.2) is 83.9 Å². The van der Waals surface area contributed by atoms with E-state index in [-0.39, 0.29) is 23.1 Å². The summed E-state index contributed by atoms with van der Waals surface area (Å²) in [7, 11) is -1.86. The molecule has 0 aliphatic carbocycles. The van der Waals surface area contributed by atoms with Crippen molar-refractivity contribution in [3.8, 4) is 0 Å². The van der Waals surface area contributed by atoms with Crippen LogP contribution < -0.4 is 4.90 Å². The van der Waals surface area contributed by atoms with Crippen molar-refractivity contribution in [1.82, 2.24) is 4.57 Å². The number of likely N-dealkylation sites (N-methyl/N-ethyl adjacent to an activating group) is 1. The van der Waals surface area contributed by atoms with Gasteiger partial charge in [0.2, 0.25) is 5.91 Å². The fourth-order valence-corrected chi connectivity index (χ4v) is 5.39. The monoisotopic (exact) mass is 446 g/mol. The molecule has 6 heteroatoms. The SMILES string of the molecule is Cc1ccc(CS(=O)(=O)c2cn(CC(=O)N(C)c3cccc(C)c3)c3ccccc23)cc1. The second-order valence-corrected chi connectivity index (χ2v) is 10.1. The van der Waals surface area contributed by atoms with Gasteiger partial charge in [-0.25, -0.2) is 8.42 Å². The Bertz CT molecular complexity index is 1390. The average Bonchev–Trinajstić information content (AvgIpc) is 3.14. The number of aromatic nitrogens is 1. The van der Waals surface area contributed by atoms with Gasteiger partial charge < -0.3 is 9.47 Å². The Morgan fingerprint density at radius 3 is 2.34 bits per heavy atom. The number of rotatable bonds is 6. The standard InChI is InChI=1S/C26H26N2O3S/c1-19-11-13-21(14-12-19)18-32(30,31)25-16-28(24-10-5-4-9-23(24)25)17-26(29)27(3)22-8-6-7-20(2)15-22/h4-16H,17-18H2,1-3H3. The number of benzene rings is 3. The van der Waals surface area contributed by atoms with Gasteiger partial charge >= 0.3 is 0 Å². The highest BCUT2D eigenvalue weighted by Crippen LogP contribution is 2.28. The van der Waals surface area contributed by atoms with Crippen molar-refractivity contribution in [3.63, 3.8) is 0 Å². The van der Waals surface area contributed by atoms with Crippen molar-refractivity contribution in [1.29, 1.82) is 0 Å². The maximum absolute atomic E-state index is 13.3. The van der Waals surface area contributed by atoms with Crippen LogP contribution in [0.1, 0.15) is 16.7 Å². The fraction of sp³-hybridized carbons (Fsp3) is 0.192. The summed E-state index contributed by atoms with van der Waals surface area (Å²) in [6, 6.07) is 22.5. The molecular weight excluding hydrogens is 420 g/mol. The third kappa shape index (κ3) is 4.46. The van der Waals surface area contributed by atoms with Crippen LogP contribution in [-0.4, -0.2) is 25.9 Å². The van der Waals surface area contributed by atoms with Crippen molar-refractivity contribution >= 4 is 32.3 Å². The van der Waals surface area contributed by atoms with E-state index in [1.165, 1.54) is 0 Å². The molecule has 1 heterocycles. The number of hydrogen-bond acceptors (Lipinski definition) is 3. The molecule has 0 saturated carbocycles. The van der Waals surface area contributed by atoms with E-state index >= 15 is 0 Å². The number of fused-ring (bicyclic) bond motifs is 1. The van der Waals surface area contributed by atoms with Gasteiger partial charge in [0.05, 0.1) is 10.6 Å². The van der Waals surface area contributed by atoms with Crippen molar-refractivity contribution in [2.45, 2.75) is 31.0 Å². The lowest BCUT2D eigenvalue weighted by atomic mass is 10.2. The van der Waals surface area contributed by atoms with E-state index in [0.717, 1.165) is 27.9 Å². The molecule has 5 nitrogen and oxygen atoms in total. The first kappa shape index (κ1) is 21.8. The first-order valence-electron chi connectivity index (χ1n) is 10.4. The summed E-state index contributed by atoms with van der Waals surface area (Å²) in [6.45, 7) is 3.99. The molecule has 0 fully saturated rings. The number of aryl methyl sites for hydroxylation is 2. The molecule has 0 atom stereocenters. The highest BCUT2D eigenvalue weighted by atomic mass is 32.2. The van der Waals surface area contributed by atoms with E-state index in [9.17, 15) is 13.2 Å². The Hall–Kier alpha value is -3.38. The predicted octanol–water partition coefficient (Wildman–Crippen LogP) is 4.90. The van der Waals surface area contributed by atoms with Crippen LogP contribution in [0.25, 0.3) is 10.9 Å². The van der Waals surface area contributed by atoms with Gasteiger partial charge in [-0.05, 0) is 43.2 Å². The maximum atomic E-state index is 13.3. The van der Waals surface area contributed by atoms with Gasteiger partial charge in [0.15, 0.2) is 9.84 Å². The van der Waals surface area contributed by atoms with Crippen LogP contribution in [0.4, 0.5) is 5.69 Å². The highest BCUT2D eigenvalue weighted by Gasteiger charge is 2.23. The van der Waals surface area contributed by atoms with Crippen LogP contribution in [0.5, 0.6) is 0 Å². The summed E-state index contributed by atoms with van der Waals surface area (Å²) < 4.78 is 28.3. The number of nitrogens with zero attached hydrogens (tertiary/aromatic N) is 2. The Balaban J connectivity index is 1.67.